The molecule has 0 saturated heterocycles. The number of nitrogens with zero attached hydrogens (tertiary/aromatic N) is 1. The van der Waals surface area contributed by atoms with Crippen molar-refractivity contribution in [3.05, 3.63) is 114 Å². The molecule has 4 aromatic rings. The molecule has 1 aliphatic rings. The zero-order chi connectivity index (χ0) is 23.8. The van der Waals surface area contributed by atoms with Crippen molar-refractivity contribution in [1.29, 1.82) is 0 Å². The molecule has 3 aromatic carbocycles. The SMILES string of the molecule is NC(=O)c1ccccc1.O=C1CCOc2cc(OCc3ccncc3-c3ccccc3)ccc21. The Morgan fingerprint density at radius 2 is 1.68 bits per heavy atom. The molecule has 2 N–H and O–H groups in total. The van der Waals surface area contributed by atoms with E-state index in [0.717, 1.165) is 16.7 Å². The predicted molar refractivity (Wildman–Crippen MR) is 130 cm³/mol. The quantitative estimate of drug-likeness (QED) is 0.456. The number of nitrogens with two attached hydrogens (primary N) is 1. The number of carbonyl (C=O) groups excluding carboxylic acids is 2. The van der Waals surface area contributed by atoms with Crippen LogP contribution in [0.4, 0.5) is 0 Å². The maximum Gasteiger partial charge on any atom is 0.248 e. The fourth-order valence-corrected chi connectivity index (χ4v) is 3.52. The summed E-state index contributed by atoms with van der Waals surface area (Å²) in [6, 6.07) is 26.2. The van der Waals surface area contributed by atoms with Gasteiger partial charge in [-0.1, -0.05) is 48.5 Å². The van der Waals surface area contributed by atoms with E-state index in [4.69, 9.17) is 15.2 Å². The summed E-state index contributed by atoms with van der Waals surface area (Å²) >= 11 is 0. The molecular weight excluding hydrogens is 428 g/mol. The van der Waals surface area contributed by atoms with Crippen molar-refractivity contribution in [3.63, 3.8) is 0 Å². The molecule has 0 fully saturated rings. The van der Waals surface area contributed by atoms with Crippen LogP contribution in [0.5, 0.6) is 11.5 Å². The maximum atomic E-state index is 11.8. The van der Waals surface area contributed by atoms with Crippen LogP contribution in [-0.2, 0) is 6.61 Å². The Morgan fingerprint density at radius 1 is 0.941 bits per heavy atom. The molecular formula is C28H24N2O4. The number of primary amides is 1. The lowest BCUT2D eigenvalue weighted by atomic mass is 10.0. The fourth-order valence-electron chi connectivity index (χ4n) is 3.52. The zero-order valence-electron chi connectivity index (χ0n) is 18.5. The molecule has 0 spiro atoms. The third kappa shape index (κ3) is 5.66. The summed E-state index contributed by atoms with van der Waals surface area (Å²) in [5.41, 5.74) is 9.37. The topological polar surface area (TPSA) is 91.5 Å². The molecule has 2 heterocycles. The zero-order valence-corrected chi connectivity index (χ0v) is 18.5. The second-order valence-electron chi connectivity index (χ2n) is 7.60. The second-order valence-corrected chi connectivity index (χ2v) is 7.60. The van der Waals surface area contributed by atoms with E-state index in [0.29, 0.717) is 42.3 Å². The first-order valence-electron chi connectivity index (χ1n) is 10.9. The summed E-state index contributed by atoms with van der Waals surface area (Å²) in [5, 5.41) is 0. The van der Waals surface area contributed by atoms with Crippen LogP contribution in [0.2, 0.25) is 0 Å². The Balaban J connectivity index is 0.000000257. The van der Waals surface area contributed by atoms with Gasteiger partial charge in [0.05, 0.1) is 12.2 Å². The van der Waals surface area contributed by atoms with Crippen molar-refractivity contribution < 1.29 is 19.1 Å². The number of aromatic nitrogens is 1. The van der Waals surface area contributed by atoms with Crippen molar-refractivity contribution in [3.8, 4) is 22.6 Å². The smallest absolute Gasteiger partial charge is 0.248 e. The second kappa shape index (κ2) is 10.9. The average Bonchev–Trinajstić information content (AvgIpc) is 2.89. The molecule has 1 aromatic heterocycles. The minimum absolute atomic E-state index is 0.119. The van der Waals surface area contributed by atoms with Crippen molar-refractivity contribution in [2.45, 2.75) is 13.0 Å². The van der Waals surface area contributed by atoms with Crippen LogP contribution in [0.25, 0.3) is 11.1 Å². The molecule has 5 rings (SSSR count). The van der Waals surface area contributed by atoms with Gasteiger partial charge in [-0.15, -0.1) is 0 Å². The Hall–Kier alpha value is -4.45. The van der Waals surface area contributed by atoms with Crippen molar-refractivity contribution in [1.82, 2.24) is 4.98 Å². The van der Waals surface area contributed by atoms with Crippen molar-refractivity contribution in [2.24, 2.45) is 5.73 Å². The summed E-state index contributed by atoms with van der Waals surface area (Å²) in [4.78, 5) is 26.5. The van der Waals surface area contributed by atoms with Gasteiger partial charge in [0.2, 0.25) is 5.91 Å². The third-order valence-electron chi connectivity index (χ3n) is 5.29. The van der Waals surface area contributed by atoms with Gasteiger partial charge in [0.15, 0.2) is 5.78 Å². The summed E-state index contributed by atoms with van der Waals surface area (Å²) in [7, 11) is 0. The van der Waals surface area contributed by atoms with Gasteiger partial charge >= 0.3 is 0 Å². The Labute approximate surface area is 198 Å². The number of carbonyl (C=O) groups is 2. The van der Waals surface area contributed by atoms with Crippen LogP contribution in [0.15, 0.2) is 97.3 Å². The fraction of sp³-hybridized carbons (Fsp3) is 0.107. The molecule has 0 unspecified atom stereocenters. The number of ether oxygens (including phenoxy) is 2. The normalized spacial score (nSPS) is 11.9. The highest BCUT2D eigenvalue weighted by molar-refractivity contribution is 5.99. The molecule has 6 heteroatoms. The Bertz CT molecular complexity index is 1270. The third-order valence-corrected chi connectivity index (χ3v) is 5.29. The van der Waals surface area contributed by atoms with E-state index in [9.17, 15) is 9.59 Å². The summed E-state index contributed by atoms with van der Waals surface area (Å²) in [5.74, 6) is 1.03. The molecule has 0 aliphatic carbocycles. The van der Waals surface area contributed by atoms with Crippen molar-refractivity contribution in [2.75, 3.05) is 6.61 Å². The largest absolute Gasteiger partial charge is 0.492 e. The van der Waals surface area contributed by atoms with E-state index in [1.807, 2.05) is 42.6 Å². The molecule has 34 heavy (non-hydrogen) atoms. The van der Waals surface area contributed by atoms with Crippen LogP contribution in [0.3, 0.4) is 0 Å². The van der Waals surface area contributed by atoms with E-state index in [-0.39, 0.29) is 11.7 Å². The number of fused-ring (bicyclic) bond motifs is 1. The number of pyridine rings is 1. The number of benzene rings is 3. The van der Waals surface area contributed by atoms with Crippen molar-refractivity contribution >= 4 is 11.7 Å². The first kappa shape index (κ1) is 22.7. The number of rotatable bonds is 5. The number of amides is 1. The summed E-state index contributed by atoms with van der Waals surface area (Å²) < 4.78 is 11.5. The predicted octanol–water partition coefficient (Wildman–Crippen LogP) is 5.08. The van der Waals surface area contributed by atoms with E-state index < -0.39 is 0 Å². The number of Topliss-reactive ketones (excluding diaryl/α,β-unsaturated/α-hetero) is 1. The van der Waals surface area contributed by atoms with Crippen LogP contribution in [-0.4, -0.2) is 23.3 Å². The molecule has 1 amide bonds. The van der Waals surface area contributed by atoms with E-state index in [2.05, 4.69) is 17.1 Å². The van der Waals surface area contributed by atoms with E-state index in [1.165, 1.54) is 0 Å². The van der Waals surface area contributed by atoms with Gasteiger partial charge in [0.25, 0.3) is 0 Å². The Morgan fingerprint density at radius 3 is 2.38 bits per heavy atom. The molecule has 1 aliphatic heterocycles. The molecule has 6 nitrogen and oxygen atoms in total. The first-order valence-corrected chi connectivity index (χ1v) is 10.9. The molecule has 0 bridgehead atoms. The highest BCUT2D eigenvalue weighted by atomic mass is 16.5. The van der Waals surface area contributed by atoms with Crippen LogP contribution >= 0.6 is 0 Å². The molecule has 0 atom stereocenters. The highest BCUT2D eigenvalue weighted by Gasteiger charge is 2.18. The van der Waals surface area contributed by atoms with Gasteiger partial charge in [-0.3, -0.25) is 14.6 Å². The monoisotopic (exact) mass is 452 g/mol. The lowest BCUT2D eigenvalue weighted by molar-refractivity contribution is 0.0932. The van der Waals surface area contributed by atoms with Crippen LogP contribution < -0.4 is 15.2 Å². The Kier molecular flexibility index (Phi) is 7.30. The number of hydrogen-bond donors (Lipinski definition) is 1. The highest BCUT2D eigenvalue weighted by Crippen LogP contribution is 2.30. The number of ketones is 1. The van der Waals surface area contributed by atoms with E-state index >= 15 is 0 Å². The van der Waals surface area contributed by atoms with Gasteiger partial charge in [-0.25, -0.2) is 0 Å². The van der Waals surface area contributed by atoms with Gasteiger partial charge < -0.3 is 15.2 Å². The standard InChI is InChI=1S/C21H17NO3.C7H7NO/c23-20-9-11-24-21-12-17(6-7-18(20)21)25-14-16-8-10-22-13-19(16)15-4-2-1-3-5-15;8-7(9)6-4-2-1-3-5-6/h1-8,10,12-13H,9,11,14H2;1-5H,(H2,8,9). The number of hydrogen-bond acceptors (Lipinski definition) is 5. The molecule has 0 saturated carbocycles. The van der Waals surface area contributed by atoms with Gasteiger partial charge in [-0.05, 0) is 35.9 Å². The maximum absolute atomic E-state index is 11.8. The summed E-state index contributed by atoms with van der Waals surface area (Å²) in [6.07, 6.45) is 4.05. The molecule has 170 valence electrons. The minimum atomic E-state index is -0.379. The summed E-state index contributed by atoms with van der Waals surface area (Å²) in [6.45, 7) is 0.845. The van der Waals surface area contributed by atoms with Gasteiger partial charge in [-0.2, -0.15) is 0 Å². The lowest BCUT2D eigenvalue weighted by Crippen LogP contribution is -2.15. The molecule has 0 radical (unpaired) electrons. The average molecular weight is 453 g/mol. The minimum Gasteiger partial charge on any atom is -0.492 e. The van der Waals surface area contributed by atoms with Crippen LogP contribution in [0, 0.1) is 0 Å². The van der Waals surface area contributed by atoms with Crippen LogP contribution in [0.1, 0.15) is 32.7 Å². The van der Waals surface area contributed by atoms with Gasteiger partial charge in [0, 0.05) is 41.6 Å². The van der Waals surface area contributed by atoms with E-state index in [1.54, 1.807) is 42.6 Å². The van der Waals surface area contributed by atoms with Gasteiger partial charge in [0.1, 0.15) is 18.1 Å². The first-order chi connectivity index (χ1) is 16.6. The lowest BCUT2D eigenvalue weighted by Gasteiger charge is -2.17.